The molecule has 0 bridgehead atoms. The molecular weight excluding hydrogens is 665 g/mol. The lowest BCUT2D eigenvalue weighted by atomic mass is 9.85. The monoisotopic (exact) mass is 702 g/mol. The summed E-state index contributed by atoms with van der Waals surface area (Å²) in [7, 11) is 0. The zero-order chi connectivity index (χ0) is 37.1. The molecule has 0 aliphatic carbocycles. The van der Waals surface area contributed by atoms with Gasteiger partial charge in [-0.3, -0.25) is 4.98 Å². The molecule has 0 radical (unpaired) electrons. The fraction of sp³-hybridized carbons (Fsp3) is 0.0189. The maximum absolute atomic E-state index is 5.29. The highest BCUT2D eigenvalue weighted by Gasteiger charge is 2.17. The van der Waals surface area contributed by atoms with Crippen molar-refractivity contribution < 1.29 is 0 Å². The molecule has 0 spiro atoms. The van der Waals surface area contributed by atoms with Gasteiger partial charge in [0.05, 0.1) is 11.4 Å². The SMILES string of the molecule is C=C(N=C(/C=C(\C)c1ccc2ccccc2c1)c1ccc(-c2cccnc2)cc1)c1cccc(-c2c3ccccc3c(-c3ccccc3)c3ccccc23)c1. The molecular formula is C53H38N2. The van der Waals surface area contributed by atoms with Crippen LogP contribution in [0.2, 0.25) is 0 Å². The van der Waals surface area contributed by atoms with Crippen LogP contribution in [0.4, 0.5) is 0 Å². The van der Waals surface area contributed by atoms with Gasteiger partial charge < -0.3 is 0 Å². The Labute approximate surface area is 322 Å². The Morgan fingerprint density at radius 1 is 0.473 bits per heavy atom. The molecule has 0 N–H and O–H groups in total. The van der Waals surface area contributed by atoms with Crippen molar-refractivity contribution in [1.29, 1.82) is 0 Å². The number of hydrogen-bond acceptors (Lipinski definition) is 2. The molecule has 9 aromatic rings. The van der Waals surface area contributed by atoms with Crippen LogP contribution < -0.4 is 0 Å². The molecule has 0 amide bonds. The van der Waals surface area contributed by atoms with Gasteiger partial charge >= 0.3 is 0 Å². The van der Waals surface area contributed by atoms with E-state index in [1.165, 1.54) is 49.0 Å². The first kappa shape index (κ1) is 33.7. The third kappa shape index (κ3) is 6.67. The maximum Gasteiger partial charge on any atom is 0.0712 e. The number of hydrogen-bond donors (Lipinski definition) is 0. The summed E-state index contributed by atoms with van der Waals surface area (Å²) in [4.78, 5) is 9.62. The van der Waals surface area contributed by atoms with Gasteiger partial charge in [0, 0.05) is 23.5 Å². The van der Waals surface area contributed by atoms with Crippen LogP contribution in [0.15, 0.2) is 212 Å². The zero-order valence-electron chi connectivity index (χ0n) is 30.7. The van der Waals surface area contributed by atoms with E-state index < -0.39 is 0 Å². The predicted molar refractivity (Wildman–Crippen MR) is 235 cm³/mol. The van der Waals surface area contributed by atoms with E-state index in [9.17, 15) is 0 Å². The quantitative estimate of drug-likeness (QED) is 0.114. The van der Waals surface area contributed by atoms with Crippen LogP contribution in [0.1, 0.15) is 23.6 Å². The lowest BCUT2D eigenvalue weighted by molar-refractivity contribution is 1.33. The summed E-state index contributed by atoms with van der Waals surface area (Å²) >= 11 is 0. The Hall–Kier alpha value is -7.16. The second-order valence-corrected chi connectivity index (χ2v) is 13.9. The number of aliphatic imine (C=N–C) groups is 1. The minimum atomic E-state index is 0.699. The summed E-state index contributed by atoms with van der Waals surface area (Å²) in [5.74, 6) is 0. The van der Waals surface area contributed by atoms with E-state index in [4.69, 9.17) is 4.99 Å². The molecule has 1 aromatic heterocycles. The van der Waals surface area contributed by atoms with Crippen LogP contribution in [0.3, 0.4) is 0 Å². The first-order valence-corrected chi connectivity index (χ1v) is 18.7. The second kappa shape index (κ2) is 14.7. The van der Waals surface area contributed by atoms with Crippen LogP contribution >= 0.6 is 0 Å². The molecule has 1 heterocycles. The fourth-order valence-electron chi connectivity index (χ4n) is 7.69. The number of rotatable bonds is 8. The Morgan fingerprint density at radius 3 is 1.73 bits per heavy atom. The van der Waals surface area contributed by atoms with Gasteiger partial charge in [-0.25, -0.2) is 4.99 Å². The average Bonchev–Trinajstić information content (AvgIpc) is 3.25. The van der Waals surface area contributed by atoms with Crippen molar-refractivity contribution in [3.63, 3.8) is 0 Å². The standard InChI is InChI=1S/C53H38N2/c1-36(42-30-27-38-14-6-7-17-44(38)33-42)32-51(40-28-25-39(26-29-40)46-20-13-31-54-35-46)55-37(2)43-18-12-19-45(34-43)53-49-23-10-8-21-47(49)52(41-15-4-3-5-16-41)48-22-9-11-24-50(48)53/h3-35H,2H2,1H3/b36-32+,55-51?. The summed E-state index contributed by atoms with van der Waals surface area (Å²) in [5, 5.41) is 7.34. The summed E-state index contributed by atoms with van der Waals surface area (Å²) in [6, 6.07) is 64.6. The Balaban J connectivity index is 1.16. The highest BCUT2D eigenvalue weighted by atomic mass is 14.8. The van der Waals surface area contributed by atoms with E-state index in [0.717, 1.165) is 44.7 Å². The van der Waals surface area contributed by atoms with Crippen molar-refractivity contribution >= 4 is 49.3 Å². The summed E-state index contributed by atoms with van der Waals surface area (Å²) < 4.78 is 0. The topological polar surface area (TPSA) is 25.2 Å². The van der Waals surface area contributed by atoms with Gasteiger partial charge in [0.1, 0.15) is 0 Å². The van der Waals surface area contributed by atoms with Gasteiger partial charge in [0.15, 0.2) is 0 Å². The van der Waals surface area contributed by atoms with Crippen molar-refractivity contribution in [3.8, 4) is 33.4 Å². The summed E-state index contributed by atoms with van der Waals surface area (Å²) in [6.45, 7) is 6.72. The van der Waals surface area contributed by atoms with Crippen LogP contribution in [0.25, 0.3) is 77.0 Å². The number of pyridine rings is 1. The van der Waals surface area contributed by atoms with Crippen molar-refractivity contribution in [2.75, 3.05) is 0 Å². The highest BCUT2D eigenvalue weighted by molar-refractivity contribution is 6.21. The molecule has 0 aliphatic heterocycles. The van der Waals surface area contributed by atoms with E-state index in [2.05, 4.69) is 200 Å². The molecule has 8 aromatic carbocycles. The van der Waals surface area contributed by atoms with Crippen molar-refractivity contribution in [3.05, 3.63) is 224 Å². The minimum Gasteiger partial charge on any atom is -0.264 e. The molecule has 55 heavy (non-hydrogen) atoms. The lowest BCUT2D eigenvalue weighted by Gasteiger charge is -2.18. The van der Waals surface area contributed by atoms with Gasteiger partial charge in [-0.1, -0.05) is 170 Å². The van der Waals surface area contributed by atoms with Crippen molar-refractivity contribution in [2.45, 2.75) is 6.92 Å². The molecule has 0 saturated heterocycles. The van der Waals surface area contributed by atoms with E-state index in [-0.39, 0.29) is 0 Å². The average molecular weight is 703 g/mol. The second-order valence-electron chi connectivity index (χ2n) is 13.9. The number of benzene rings is 8. The van der Waals surface area contributed by atoms with E-state index in [1.54, 1.807) is 6.20 Å². The first-order valence-electron chi connectivity index (χ1n) is 18.7. The fourth-order valence-corrected chi connectivity index (χ4v) is 7.69. The maximum atomic E-state index is 5.29. The molecule has 0 fully saturated rings. The Kier molecular flexibility index (Phi) is 8.99. The number of nitrogens with zero attached hydrogens (tertiary/aromatic N) is 2. The van der Waals surface area contributed by atoms with E-state index >= 15 is 0 Å². The van der Waals surface area contributed by atoms with Gasteiger partial charge in [0.25, 0.3) is 0 Å². The third-order valence-electron chi connectivity index (χ3n) is 10.5. The molecule has 0 atom stereocenters. The van der Waals surface area contributed by atoms with Crippen LogP contribution in [-0.2, 0) is 0 Å². The zero-order valence-corrected chi connectivity index (χ0v) is 30.7. The van der Waals surface area contributed by atoms with Crippen molar-refractivity contribution in [2.24, 2.45) is 4.99 Å². The molecule has 2 nitrogen and oxygen atoms in total. The van der Waals surface area contributed by atoms with Gasteiger partial charge in [0.2, 0.25) is 0 Å². The molecule has 260 valence electrons. The lowest BCUT2D eigenvalue weighted by Crippen LogP contribution is -2.00. The molecule has 0 saturated carbocycles. The van der Waals surface area contributed by atoms with Gasteiger partial charge in [-0.05, 0) is 108 Å². The molecule has 2 heteroatoms. The Bertz CT molecular complexity index is 2860. The molecule has 0 unspecified atom stereocenters. The normalized spacial score (nSPS) is 12.0. The van der Waals surface area contributed by atoms with Crippen molar-refractivity contribution in [1.82, 2.24) is 4.98 Å². The number of allylic oxidation sites excluding steroid dienone is 2. The largest absolute Gasteiger partial charge is 0.264 e. The highest BCUT2D eigenvalue weighted by Crippen LogP contribution is 2.44. The summed E-state index contributed by atoms with van der Waals surface area (Å²) in [5.41, 5.74) is 12.8. The van der Waals surface area contributed by atoms with Gasteiger partial charge in [-0.2, -0.15) is 0 Å². The van der Waals surface area contributed by atoms with E-state index in [0.29, 0.717) is 5.70 Å². The van der Waals surface area contributed by atoms with Crippen LogP contribution in [0, 0.1) is 0 Å². The third-order valence-corrected chi connectivity index (χ3v) is 10.5. The summed E-state index contributed by atoms with van der Waals surface area (Å²) in [6.07, 6.45) is 5.88. The predicted octanol–water partition coefficient (Wildman–Crippen LogP) is 14.1. The number of fused-ring (bicyclic) bond motifs is 3. The smallest absolute Gasteiger partial charge is 0.0712 e. The minimum absolute atomic E-state index is 0.699. The van der Waals surface area contributed by atoms with Crippen LogP contribution in [0.5, 0.6) is 0 Å². The first-order chi connectivity index (χ1) is 27.1. The molecule has 9 rings (SSSR count). The number of aromatic nitrogens is 1. The molecule has 0 aliphatic rings. The van der Waals surface area contributed by atoms with Crippen LogP contribution in [-0.4, -0.2) is 10.7 Å². The Morgan fingerprint density at radius 2 is 1.05 bits per heavy atom. The van der Waals surface area contributed by atoms with E-state index in [1.807, 2.05) is 12.3 Å². The van der Waals surface area contributed by atoms with Gasteiger partial charge in [-0.15, -0.1) is 0 Å².